The van der Waals surface area contributed by atoms with Crippen LogP contribution in [-0.4, -0.2) is 0 Å². The molecule has 0 spiro atoms. The molecule has 0 fully saturated rings. The van der Waals surface area contributed by atoms with Crippen LogP contribution in [0.4, 0.5) is 0 Å². The van der Waals surface area contributed by atoms with Crippen LogP contribution in [0.3, 0.4) is 0 Å². The molecule has 0 amide bonds. The van der Waals surface area contributed by atoms with Crippen molar-refractivity contribution in [2.75, 3.05) is 0 Å². The van der Waals surface area contributed by atoms with Crippen LogP contribution in [0.1, 0.15) is 11.1 Å². The van der Waals surface area contributed by atoms with Gasteiger partial charge in [-0.05, 0) is 36.6 Å². The number of hydrogen-bond donors (Lipinski definition) is 0. The highest BCUT2D eigenvalue weighted by Crippen LogP contribution is 2.33. The van der Waals surface area contributed by atoms with Crippen LogP contribution in [0.15, 0.2) is 53.1 Å². The van der Waals surface area contributed by atoms with Crippen molar-refractivity contribution >= 4 is 11.0 Å². The first-order chi connectivity index (χ1) is 8.25. The van der Waals surface area contributed by atoms with E-state index in [0.717, 1.165) is 5.58 Å². The highest BCUT2D eigenvalue weighted by Gasteiger charge is 2.10. The van der Waals surface area contributed by atoms with Gasteiger partial charge in [-0.25, -0.2) is 0 Å². The maximum atomic E-state index is 5.67. The SMILES string of the molecule is Cc1cc(C)c2c(-c3ccccc3)coc2c1. The van der Waals surface area contributed by atoms with E-state index < -0.39 is 0 Å². The minimum absolute atomic E-state index is 0.973. The summed E-state index contributed by atoms with van der Waals surface area (Å²) in [4.78, 5) is 0. The second-order valence-electron chi connectivity index (χ2n) is 4.47. The second kappa shape index (κ2) is 3.77. The van der Waals surface area contributed by atoms with Crippen LogP contribution in [0.25, 0.3) is 22.1 Å². The second-order valence-corrected chi connectivity index (χ2v) is 4.47. The van der Waals surface area contributed by atoms with Crippen molar-refractivity contribution in [1.82, 2.24) is 0 Å². The first-order valence-electron chi connectivity index (χ1n) is 5.79. The molecule has 0 saturated carbocycles. The maximum Gasteiger partial charge on any atom is 0.135 e. The average Bonchev–Trinajstić information content (AvgIpc) is 2.74. The molecule has 0 N–H and O–H groups in total. The maximum absolute atomic E-state index is 5.67. The third kappa shape index (κ3) is 1.64. The minimum Gasteiger partial charge on any atom is -0.464 e. The molecule has 2 aromatic carbocycles. The Bertz CT molecular complexity index is 663. The third-order valence-electron chi connectivity index (χ3n) is 3.10. The van der Waals surface area contributed by atoms with E-state index in [9.17, 15) is 0 Å². The van der Waals surface area contributed by atoms with Gasteiger partial charge >= 0.3 is 0 Å². The van der Waals surface area contributed by atoms with E-state index >= 15 is 0 Å². The Morgan fingerprint density at radius 2 is 1.71 bits per heavy atom. The molecule has 0 radical (unpaired) electrons. The van der Waals surface area contributed by atoms with Gasteiger partial charge in [0, 0.05) is 10.9 Å². The zero-order chi connectivity index (χ0) is 11.8. The molecular weight excluding hydrogens is 208 g/mol. The van der Waals surface area contributed by atoms with Crippen LogP contribution in [0.5, 0.6) is 0 Å². The fraction of sp³-hybridized carbons (Fsp3) is 0.125. The van der Waals surface area contributed by atoms with Gasteiger partial charge in [-0.3, -0.25) is 0 Å². The fourth-order valence-electron chi connectivity index (χ4n) is 2.38. The fourth-order valence-corrected chi connectivity index (χ4v) is 2.38. The van der Waals surface area contributed by atoms with Crippen LogP contribution >= 0.6 is 0 Å². The molecule has 0 aliphatic carbocycles. The standard InChI is InChI=1S/C16H14O/c1-11-8-12(2)16-14(10-17-15(16)9-11)13-6-4-3-5-7-13/h3-10H,1-2H3. The molecule has 1 heteroatoms. The Kier molecular flexibility index (Phi) is 2.25. The van der Waals surface area contributed by atoms with Crippen LogP contribution in [0.2, 0.25) is 0 Å². The zero-order valence-electron chi connectivity index (χ0n) is 10.0. The normalized spacial score (nSPS) is 10.9. The average molecular weight is 222 g/mol. The zero-order valence-corrected chi connectivity index (χ0v) is 10.0. The van der Waals surface area contributed by atoms with Crippen LogP contribution in [-0.2, 0) is 0 Å². The van der Waals surface area contributed by atoms with Gasteiger partial charge in [0.05, 0.1) is 6.26 Å². The van der Waals surface area contributed by atoms with Crippen LogP contribution in [0, 0.1) is 13.8 Å². The number of rotatable bonds is 1. The monoisotopic (exact) mass is 222 g/mol. The molecule has 0 bridgehead atoms. The van der Waals surface area contributed by atoms with E-state index in [-0.39, 0.29) is 0 Å². The number of furan rings is 1. The largest absolute Gasteiger partial charge is 0.464 e. The van der Waals surface area contributed by atoms with E-state index in [0.29, 0.717) is 0 Å². The first-order valence-corrected chi connectivity index (χ1v) is 5.79. The molecular formula is C16H14O. The van der Waals surface area contributed by atoms with Gasteiger partial charge in [0.1, 0.15) is 5.58 Å². The molecule has 0 unspecified atom stereocenters. The Labute approximate surface area is 101 Å². The molecule has 1 nitrogen and oxygen atoms in total. The molecule has 0 aliphatic rings. The number of hydrogen-bond acceptors (Lipinski definition) is 1. The van der Waals surface area contributed by atoms with Gasteiger partial charge < -0.3 is 4.42 Å². The Morgan fingerprint density at radius 1 is 0.941 bits per heavy atom. The molecule has 84 valence electrons. The Morgan fingerprint density at radius 3 is 2.47 bits per heavy atom. The molecule has 0 atom stereocenters. The lowest BCUT2D eigenvalue weighted by atomic mass is 10.00. The topological polar surface area (TPSA) is 13.1 Å². The van der Waals surface area contributed by atoms with E-state index in [1.165, 1.54) is 27.6 Å². The summed E-state index contributed by atoms with van der Waals surface area (Å²) in [5.74, 6) is 0. The van der Waals surface area contributed by atoms with Crippen molar-refractivity contribution in [1.29, 1.82) is 0 Å². The highest BCUT2D eigenvalue weighted by atomic mass is 16.3. The van der Waals surface area contributed by atoms with Gasteiger partial charge in [0.15, 0.2) is 0 Å². The lowest BCUT2D eigenvalue weighted by Crippen LogP contribution is -1.80. The third-order valence-corrected chi connectivity index (χ3v) is 3.10. The molecule has 0 saturated heterocycles. The summed E-state index contributed by atoms with van der Waals surface area (Å²) in [6.07, 6.45) is 1.85. The molecule has 0 aliphatic heterocycles. The van der Waals surface area contributed by atoms with Crippen molar-refractivity contribution < 1.29 is 4.42 Å². The predicted molar refractivity (Wildman–Crippen MR) is 71.1 cm³/mol. The number of fused-ring (bicyclic) bond motifs is 1. The summed E-state index contributed by atoms with van der Waals surface area (Å²) in [5.41, 5.74) is 5.87. The van der Waals surface area contributed by atoms with Gasteiger partial charge in [0.25, 0.3) is 0 Å². The van der Waals surface area contributed by atoms with Crippen molar-refractivity contribution in [3.05, 3.63) is 59.9 Å². The van der Waals surface area contributed by atoms with Gasteiger partial charge in [-0.15, -0.1) is 0 Å². The predicted octanol–water partition coefficient (Wildman–Crippen LogP) is 4.72. The smallest absolute Gasteiger partial charge is 0.135 e. The number of benzene rings is 2. The first kappa shape index (κ1) is 10.2. The Hall–Kier alpha value is -2.02. The summed E-state index contributed by atoms with van der Waals surface area (Å²) in [6.45, 7) is 4.23. The molecule has 1 heterocycles. The quantitative estimate of drug-likeness (QED) is 0.580. The summed E-state index contributed by atoms with van der Waals surface area (Å²) >= 11 is 0. The lowest BCUT2D eigenvalue weighted by Gasteiger charge is -2.02. The Balaban J connectivity index is 2.32. The minimum atomic E-state index is 0.973. The summed E-state index contributed by atoms with van der Waals surface area (Å²) in [5, 5.41) is 1.22. The molecule has 3 rings (SSSR count). The van der Waals surface area contributed by atoms with Gasteiger partial charge in [0.2, 0.25) is 0 Å². The molecule has 17 heavy (non-hydrogen) atoms. The molecule has 3 aromatic rings. The van der Waals surface area contributed by atoms with Crippen molar-refractivity contribution in [3.8, 4) is 11.1 Å². The van der Waals surface area contributed by atoms with E-state index in [4.69, 9.17) is 4.42 Å². The van der Waals surface area contributed by atoms with Crippen molar-refractivity contribution in [3.63, 3.8) is 0 Å². The summed E-state index contributed by atoms with van der Waals surface area (Å²) in [6, 6.07) is 14.7. The lowest BCUT2D eigenvalue weighted by molar-refractivity contribution is 0.616. The van der Waals surface area contributed by atoms with Crippen molar-refractivity contribution in [2.24, 2.45) is 0 Å². The van der Waals surface area contributed by atoms with Gasteiger partial charge in [-0.2, -0.15) is 0 Å². The van der Waals surface area contributed by atoms with Gasteiger partial charge in [-0.1, -0.05) is 36.4 Å². The van der Waals surface area contributed by atoms with E-state index in [1.807, 2.05) is 12.3 Å². The van der Waals surface area contributed by atoms with E-state index in [1.54, 1.807) is 0 Å². The van der Waals surface area contributed by atoms with Crippen LogP contribution < -0.4 is 0 Å². The number of aryl methyl sites for hydroxylation is 2. The summed E-state index contributed by atoms with van der Waals surface area (Å²) in [7, 11) is 0. The molecule has 1 aromatic heterocycles. The summed E-state index contributed by atoms with van der Waals surface area (Å²) < 4.78 is 5.67. The van der Waals surface area contributed by atoms with Crippen molar-refractivity contribution in [2.45, 2.75) is 13.8 Å². The highest BCUT2D eigenvalue weighted by molar-refractivity contribution is 5.96. The van der Waals surface area contributed by atoms with E-state index in [2.05, 4.69) is 50.2 Å².